The van der Waals surface area contributed by atoms with Crippen molar-refractivity contribution < 1.29 is 14.4 Å². The second-order valence-electron chi connectivity index (χ2n) is 6.66. The van der Waals surface area contributed by atoms with Crippen LogP contribution in [0.1, 0.15) is 39.5 Å². The Morgan fingerprint density at radius 3 is 2.48 bits per heavy atom. The molecule has 1 saturated carbocycles. The van der Waals surface area contributed by atoms with Gasteiger partial charge >= 0.3 is 0 Å². The van der Waals surface area contributed by atoms with Crippen LogP contribution in [0.3, 0.4) is 0 Å². The number of rotatable bonds is 4. The van der Waals surface area contributed by atoms with Gasteiger partial charge in [0.25, 0.3) is 5.69 Å². The van der Waals surface area contributed by atoms with Gasteiger partial charge in [0.1, 0.15) is 0 Å². The SMILES string of the molecule is CC1(C)CCC(O)(CNc2ccc([N+](=O)[O-])cc2F)CC1. The fraction of sp³-hybridized carbons (Fsp3) is 0.600. The number of nitrogens with zero attached hydrogens (tertiary/aromatic N) is 1. The second kappa shape index (κ2) is 5.60. The smallest absolute Gasteiger partial charge is 0.272 e. The molecule has 1 aromatic rings. The average molecular weight is 296 g/mol. The molecule has 6 heteroatoms. The minimum atomic E-state index is -0.844. The van der Waals surface area contributed by atoms with Gasteiger partial charge in [0.05, 0.1) is 22.3 Å². The summed E-state index contributed by atoms with van der Waals surface area (Å²) in [5.41, 5.74) is -0.704. The highest BCUT2D eigenvalue weighted by molar-refractivity contribution is 5.50. The molecular weight excluding hydrogens is 275 g/mol. The number of aliphatic hydroxyl groups is 1. The van der Waals surface area contributed by atoms with Gasteiger partial charge in [0.15, 0.2) is 5.82 Å². The number of halogens is 1. The van der Waals surface area contributed by atoms with E-state index in [-0.39, 0.29) is 23.3 Å². The number of hydrogen-bond acceptors (Lipinski definition) is 4. The predicted octanol–water partition coefficient (Wildman–Crippen LogP) is 3.48. The maximum absolute atomic E-state index is 13.8. The summed E-state index contributed by atoms with van der Waals surface area (Å²) in [6.07, 6.45) is 3.19. The van der Waals surface area contributed by atoms with E-state index in [0.717, 1.165) is 18.9 Å². The van der Waals surface area contributed by atoms with Gasteiger partial charge in [-0.2, -0.15) is 0 Å². The molecule has 0 aromatic heterocycles. The zero-order valence-electron chi connectivity index (χ0n) is 12.4. The molecule has 2 rings (SSSR count). The number of anilines is 1. The molecule has 0 aliphatic heterocycles. The Labute approximate surface area is 123 Å². The Bertz CT molecular complexity index is 536. The molecule has 1 aliphatic rings. The van der Waals surface area contributed by atoms with E-state index in [2.05, 4.69) is 19.2 Å². The average Bonchev–Trinajstić information content (AvgIpc) is 2.41. The maximum atomic E-state index is 13.8. The van der Waals surface area contributed by atoms with E-state index >= 15 is 0 Å². The molecule has 0 spiro atoms. The van der Waals surface area contributed by atoms with Gasteiger partial charge in [-0.15, -0.1) is 0 Å². The molecule has 21 heavy (non-hydrogen) atoms. The maximum Gasteiger partial charge on any atom is 0.272 e. The van der Waals surface area contributed by atoms with Crippen LogP contribution >= 0.6 is 0 Å². The molecule has 0 radical (unpaired) electrons. The number of nitrogens with one attached hydrogen (secondary N) is 1. The first-order chi connectivity index (χ1) is 9.71. The lowest BCUT2D eigenvalue weighted by Gasteiger charge is -2.40. The highest BCUT2D eigenvalue weighted by Gasteiger charge is 2.36. The Morgan fingerprint density at radius 1 is 1.33 bits per heavy atom. The molecule has 0 amide bonds. The van der Waals surface area contributed by atoms with Gasteiger partial charge in [-0.1, -0.05) is 13.8 Å². The van der Waals surface area contributed by atoms with Gasteiger partial charge in [-0.05, 0) is 37.2 Å². The first-order valence-corrected chi connectivity index (χ1v) is 7.11. The Balaban J connectivity index is 1.98. The lowest BCUT2D eigenvalue weighted by molar-refractivity contribution is -0.385. The summed E-state index contributed by atoms with van der Waals surface area (Å²) in [7, 11) is 0. The van der Waals surface area contributed by atoms with Crippen molar-refractivity contribution in [2.24, 2.45) is 5.41 Å². The largest absolute Gasteiger partial charge is 0.388 e. The quantitative estimate of drug-likeness (QED) is 0.659. The van der Waals surface area contributed by atoms with Crippen LogP contribution < -0.4 is 5.32 Å². The molecule has 1 fully saturated rings. The molecule has 0 unspecified atom stereocenters. The van der Waals surface area contributed by atoms with Gasteiger partial charge in [0.2, 0.25) is 0 Å². The molecule has 0 heterocycles. The molecule has 5 nitrogen and oxygen atoms in total. The second-order valence-corrected chi connectivity index (χ2v) is 6.66. The Morgan fingerprint density at radius 2 is 1.95 bits per heavy atom. The van der Waals surface area contributed by atoms with Crippen LogP contribution in [-0.4, -0.2) is 22.2 Å². The lowest BCUT2D eigenvalue weighted by atomic mass is 9.71. The van der Waals surface area contributed by atoms with Crippen LogP contribution in [0.4, 0.5) is 15.8 Å². The normalized spacial score (nSPS) is 20.0. The first-order valence-electron chi connectivity index (χ1n) is 7.11. The van der Waals surface area contributed by atoms with Crippen LogP contribution in [0.2, 0.25) is 0 Å². The Kier molecular flexibility index (Phi) is 4.18. The van der Waals surface area contributed by atoms with E-state index in [1.165, 1.54) is 12.1 Å². The molecule has 1 aromatic carbocycles. The Hall–Kier alpha value is -1.69. The summed E-state index contributed by atoms with van der Waals surface area (Å²) in [6, 6.07) is 3.47. The van der Waals surface area contributed by atoms with E-state index < -0.39 is 16.3 Å². The zero-order chi connectivity index (χ0) is 15.7. The minimum absolute atomic E-state index is 0.179. The number of non-ortho nitro benzene ring substituents is 1. The van der Waals surface area contributed by atoms with Crippen molar-refractivity contribution in [2.75, 3.05) is 11.9 Å². The summed E-state index contributed by atoms with van der Waals surface area (Å²) in [5, 5.41) is 23.9. The lowest BCUT2D eigenvalue weighted by Crippen LogP contribution is -2.42. The zero-order valence-corrected chi connectivity index (χ0v) is 12.4. The van der Waals surface area contributed by atoms with Crippen molar-refractivity contribution in [2.45, 2.75) is 45.1 Å². The molecule has 0 bridgehead atoms. The highest BCUT2D eigenvalue weighted by Crippen LogP contribution is 2.40. The number of nitro benzene ring substituents is 1. The fourth-order valence-electron chi connectivity index (χ4n) is 2.59. The van der Waals surface area contributed by atoms with Crippen molar-refractivity contribution >= 4 is 11.4 Å². The first kappa shape index (κ1) is 15.7. The van der Waals surface area contributed by atoms with Crippen molar-refractivity contribution in [1.82, 2.24) is 0 Å². The van der Waals surface area contributed by atoms with Crippen LogP contribution in [0.15, 0.2) is 18.2 Å². The molecule has 116 valence electrons. The number of benzene rings is 1. The number of hydrogen-bond donors (Lipinski definition) is 2. The van der Waals surface area contributed by atoms with Gasteiger partial charge in [0, 0.05) is 12.6 Å². The van der Waals surface area contributed by atoms with Gasteiger partial charge < -0.3 is 10.4 Å². The van der Waals surface area contributed by atoms with Crippen molar-refractivity contribution in [1.29, 1.82) is 0 Å². The standard InChI is InChI=1S/C15H21FN2O3/c1-14(2)5-7-15(19,8-6-14)10-17-13-4-3-11(18(20)21)9-12(13)16/h3-4,9,17,19H,5-8,10H2,1-2H3. The van der Waals surface area contributed by atoms with E-state index in [9.17, 15) is 19.6 Å². The summed E-state index contributed by atoms with van der Waals surface area (Å²) >= 11 is 0. The summed E-state index contributed by atoms with van der Waals surface area (Å²) < 4.78 is 13.8. The topological polar surface area (TPSA) is 75.4 Å². The monoisotopic (exact) mass is 296 g/mol. The van der Waals surface area contributed by atoms with Gasteiger partial charge in [-0.3, -0.25) is 10.1 Å². The van der Waals surface area contributed by atoms with Crippen LogP contribution in [0.5, 0.6) is 0 Å². The molecular formula is C15H21FN2O3. The van der Waals surface area contributed by atoms with Crippen molar-refractivity contribution in [3.8, 4) is 0 Å². The molecule has 1 aliphatic carbocycles. The van der Waals surface area contributed by atoms with Crippen molar-refractivity contribution in [3.05, 3.63) is 34.1 Å². The third-order valence-corrected chi connectivity index (χ3v) is 4.31. The van der Waals surface area contributed by atoms with E-state index in [0.29, 0.717) is 12.8 Å². The summed E-state index contributed by atoms with van der Waals surface area (Å²) in [6.45, 7) is 4.60. The summed E-state index contributed by atoms with van der Waals surface area (Å²) in [4.78, 5) is 9.92. The number of nitro groups is 1. The third kappa shape index (κ3) is 3.91. The fourth-order valence-corrected chi connectivity index (χ4v) is 2.59. The van der Waals surface area contributed by atoms with Gasteiger partial charge in [-0.25, -0.2) is 4.39 Å². The highest BCUT2D eigenvalue weighted by atomic mass is 19.1. The van der Waals surface area contributed by atoms with Crippen LogP contribution in [0, 0.1) is 21.3 Å². The third-order valence-electron chi connectivity index (χ3n) is 4.31. The predicted molar refractivity (Wildman–Crippen MR) is 78.7 cm³/mol. The van der Waals surface area contributed by atoms with Crippen LogP contribution in [-0.2, 0) is 0 Å². The van der Waals surface area contributed by atoms with Crippen molar-refractivity contribution in [3.63, 3.8) is 0 Å². The van der Waals surface area contributed by atoms with E-state index in [1.807, 2.05) is 0 Å². The van der Waals surface area contributed by atoms with E-state index in [4.69, 9.17) is 0 Å². The molecule has 2 N–H and O–H groups in total. The summed E-state index contributed by atoms with van der Waals surface area (Å²) in [5.74, 6) is -0.677. The molecule has 0 atom stereocenters. The van der Waals surface area contributed by atoms with E-state index in [1.54, 1.807) is 0 Å². The van der Waals surface area contributed by atoms with Crippen LogP contribution in [0.25, 0.3) is 0 Å². The molecule has 0 saturated heterocycles. The minimum Gasteiger partial charge on any atom is -0.388 e.